The topological polar surface area (TPSA) is 38.7 Å². The lowest BCUT2D eigenvalue weighted by Gasteiger charge is -2.21. The van der Waals surface area contributed by atoms with Crippen molar-refractivity contribution in [2.45, 2.75) is 20.5 Å². The maximum Gasteiger partial charge on any atom is 0.127 e. The zero-order valence-corrected chi connectivity index (χ0v) is 12.9. The first-order valence-corrected chi connectivity index (χ1v) is 7.19. The molecule has 3 nitrogen and oxygen atoms in total. The van der Waals surface area contributed by atoms with E-state index in [0.29, 0.717) is 24.7 Å². The molecule has 0 aliphatic rings. The van der Waals surface area contributed by atoms with E-state index in [1.54, 1.807) is 12.1 Å². The minimum atomic E-state index is -0.291. The Bertz CT molecular complexity index is 594. The number of aliphatic hydroxyl groups excluding tert-OH is 1. The molecule has 0 saturated carbocycles. The number of hydrogen-bond donors (Lipinski definition) is 1. The highest BCUT2D eigenvalue weighted by Gasteiger charge is 2.16. The van der Waals surface area contributed by atoms with Crippen LogP contribution >= 0.6 is 0 Å². The molecule has 0 saturated heterocycles. The number of aliphatic hydroxyl groups is 1. The summed E-state index contributed by atoms with van der Waals surface area (Å²) in [5, 5.41) is 9.19. The first kappa shape index (κ1) is 16.5. The van der Waals surface area contributed by atoms with Crippen molar-refractivity contribution in [1.82, 2.24) is 0 Å². The number of halogens is 1. The Balaban J connectivity index is 1.93. The standard InChI is InChI=1S/C18H21FO3/c1-18(2,12-20)13-21-11-14-4-3-5-17(10-14)22-16-8-6-15(19)7-9-16/h3-10,20H,11-13H2,1-2H3. The van der Waals surface area contributed by atoms with E-state index in [-0.39, 0.29) is 17.8 Å². The predicted molar refractivity (Wildman–Crippen MR) is 83.4 cm³/mol. The molecule has 0 spiro atoms. The molecule has 2 aromatic carbocycles. The third kappa shape index (κ3) is 5.13. The van der Waals surface area contributed by atoms with Crippen molar-refractivity contribution in [3.63, 3.8) is 0 Å². The summed E-state index contributed by atoms with van der Waals surface area (Å²) >= 11 is 0. The molecule has 0 fully saturated rings. The lowest BCUT2D eigenvalue weighted by molar-refractivity contribution is 0.0197. The van der Waals surface area contributed by atoms with Gasteiger partial charge >= 0.3 is 0 Å². The fourth-order valence-corrected chi connectivity index (χ4v) is 1.83. The van der Waals surface area contributed by atoms with Crippen molar-refractivity contribution in [2.75, 3.05) is 13.2 Å². The molecule has 0 unspecified atom stereocenters. The molecule has 0 atom stereocenters. The summed E-state index contributed by atoms with van der Waals surface area (Å²) in [5.74, 6) is 0.969. The summed E-state index contributed by atoms with van der Waals surface area (Å²) in [6.45, 7) is 4.90. The second-order valence-corrected chi connectivity index (χ2v) is 6.02. The number of ether oxygens (including phenoxy) is 2. The van der Waals surface area contributed by atoms with Crippen LogP contribution in [0.15, 0.2) is 48.5 Å². The van der Waals surface area contributed by atoms with Gasteiger partial charge in [0.15, 0.2) is 0 Å². The van der Waals surface area contributed by atoms with Crippen LogP contribution in [0, 0.1) is 11.2 Å². The molecule has 0 amide bonds. The van der Waals surface area contributed by atoms with E-state index >= 15 is 0 Å². The Labute approximate surface area is 130 Å². The molecule has 4 heteroatoms. The molecule has 0 aliphatic heterocycles. The van der Waals surface area contributed by atoms with Crippen molar-refractivity contribution >= 4 is 0 Å². The van der Waals surface area contributed by atoms with Crippen LogP contribution in [0.4, 0.5) is 4.39 Å². The molecule has 1 N–H and O–H groups in total. The highest BCUT2D eigenvalue weighted by molar-refractivity contribution is 5.33. The van der Waals surface area contributed by atoms with Gasteiger partial charge in [0, 0.05) is 5.41 Å². The van der Waals surface area contributed by atoms with Crippen LogP contribution in [-0.2, 0) is 11.3 Å². The van der Waals surface area contributed by atoms with Gasteiger partial charge in [-0.25, -0.2) is 4.39 Å². The Morgan fingerprint density at radius 1 is 1.05 bits per heavy atom. The van der Waals surface area contributed by atoms with Crippen LogP contribution in [0.2, 0.25) is 0 Å². The van der Waals surface area contributed by atoms with Crippen molar-refractivity contribution in [1.29, 1.82) is 0 Å². The lowest BCUT2D eigenvalue weighted by Crippen LogP contribution is -2.23. The average molecular weight is 304 g/mol. The van der Waals surface area contributed by atoms with Gasteiger partial charge in [-0.3, -0.25) is 0 Å². The van der Waals surface area contributed by atoms with Gasteiger partial charge in [0.1, 0.15) is 17.3 Å². The molecule has 118 valence electrons. The van der Waals surface area contributed by atoms with E-state index in [1.165, 1.54) is 12.1 Å². The molecule has 22 heavy (non-hydrogen) atoms. The number of benzene rings is 2. The quantitative estimate of drug-likeness (QED) is 0.835. The Hall–Kier alpha value is -1.91. The van der Waals surface area contributed by atoms with Crippen LogP contribution < -0.4 is 4.74 Å². The van der Waals surface area contributed by atoms with E-state index in [9.17, 15) is 9.50 Å². The van der Waals surface area contributed by atoms with Crippen molar-refractivity contribution < 1.29 is 19.0 Å². The molecular weight excluding hydrogens is 283 g/mol. The normalized spacial score (nSPS) is 11.5. The smallest absolute Gasteiger partial charge is 0.127 e. The van der Waals surface area contributed by atoms with Gasteiger partial charge in [0.05, 0.1) is 19.8 Å². The summed E-state index contributed by atoms with van der Waals surface area (Å²) < 4.78 is 24.2. The summed E-state index contributed by atoms with van der Waals surface area (Å²) in [5.41, 5.74) is 0.732. The Morgan fingerprint density at radius 2 is 1.77 bits per heavy atom. The molecule has 0 radical (unpaired) electrons. The van der Waals surface area contributed by atoms with E-state index < -0.39 is 0 Å². The van der Waals surface area contributed by atoms with E-state index in [0.717, 1.165) is 5.56 Å². The lowest BCUT2D eigenvalue weighted by atomic mass is 9.97. The van der Waals surface area contributed by atoms with Crippen LogP contribution in [0.3, 0.4) is 0 Å². The fraction of sp³-hybridized carbons (Fsp3) is 0.333. The van der Waals surface area contributed by atoms with E-state index in [1.807, 2.05) is 38.1 Å². The SMILES string of the molecule is CC(C)(CO)COCc1cccc(Oc2ccc(F)cc2)c1. The summed E-state index contributed by atoms with van der Waals surface area (Å²) in [4.78, 5) is 0. The first-order chi connectivity index (χ1) is 10.5. The van der Waals surface area contributed by atoms with Crippen molar-refractivity contribution in [3.8, 4) is 11.5 Å². The molecule has 0 aromatic heterocycles. The zero-order chi connectivity index (χ0) is 16.0. The summed E-state index contributed by atoms with van der Waals surface area (Å²) in [6.07, 6.45) is 0. The number of rotatable bonds is 7. The Morgan fingerprint density at radius 3 is 2.45 bits per heavy atom. The van der Waals surface area contributed by atoms with Gasteiger partial charge < -0.3 is 14.6 Å². The largest absolute Gasteiger partial charge is 0.457 e. The van der Waals surface area contributed by atoms with Gasteiger partial charge in [-0.1, -0.05) is 26.0 Å². The highest BCUT2D eigenvalue weighted by atomic mass is 19.1. The zero-order valence-electron chi connectivity index (χ0n) is 12.9. The van der Waals surface area contributed by atoms with Crippen molar-refractivity contribution in [2.24, 2.45) is 5.41 Å². The second-order valence-electron chi connectivity index (χ2n) is 6.02. The molecule has 2 rings (SSSR count). The molecule has 2 aromatic rings. The second kappa shape index (κ2) is 7.38. The van der Waals surface area contributed by atoms with Gasteiger partial charge in [0.2, 0.25) is 0 Å². The van der Waals surface area contributed by atoms with Crippen LogP contribution in [0.1, 0.15) is 19.4 Å². The maximum absolute atomic E-state index is 12.9. The minimum Gasteiger partial charge on any atom is -0.457 e. The predicted octanol–water partition coefficient (Wildman–Crippen LogP) is 4.15. The van der Waals surface area contributed by atoms with Crippen LogP contribution in [0.25, 0.3) is 0 Å². The monoisotopic (exact) mass is 304 g/mol. The molecule has 0 bridgehead atoms. The van der Waals surface area contributed by atoms with Crippen LogP contribution in [-0.4, -0.2) is 18.3 Å². The third-order valence-corrected chi connectivity index (χ3v) is 3.14. The van der Waals surface area contributed by atoms with Crippen molar-refractivity contribution in [3.05, 3.63) is 59.9 Å². The fourth-order valence-electron chi connectivity index (χ4n) is 1.83. The minimum absolute atomic E-state index is 0.0840. The van der Waals surface area contributed by atoms with Crippen LogP contribution in [0.5, 0.6) is 11.5 Å². The number of hydrogen-bond acceptors (Lipinski definition) is 3. The van der Waals surface area contributed by atoms with Gasteiger partial charge in [0.25, 0.3) is 0 Å². The van der Waals surface area contributed by atoms with E-state index in [2.05, 4.69) is 0 Å². The van der Waals surface area contributed by atoms with Gasteiger partial charge in [-0.15, -0.1) is 0 Å². The molecular formula is C18H21FO3. The molecule has 0 aliphatic carbocycles. The third-order valence-electron chi connectivity index (χ3n) is 3.14. The highest BCUT2D eigenvalue weighted by Crippen LogP contribution is 2.23. The summed E-state index contributed by atoms with van der Waals surface area (Å²) in [7, 11) is 0. The van der Waals surface area contributed by atoms with E-state index in [4.69, 9.17) is 9.47 Å². The maximum atomic E-state index is 12.9. The van der Waals surface area contributed by atoms with Gasteiger partial charge in [-0.2, -0.15) is 0 Å². The summed E-state index contributed by atoms with van der Waals surface area (Å²) in [6, 6.07) is 13.4. The van der Waals surface area contributed by atoms with Gasteiger partial charge in [-0.05, 0) is 42.0 Å². The first-order valence-electron chi connectivity index (χ1n) is 7.19. The Kier molecular flexibility index (Phi) is 5.52. The molecule has 0 heterocycles. The average Bonchev–Trinajstić information content (AvgIpc) is 2.50.